The van der Waals surface area contributed by atoms with Crippen LogP contribution in [0.5, 0.6) is 11.5 Å². The first-order valence-electron chi connectivity index (χ1n) is 10.9. The van der Waals surface area contributed by atoms with E-state index in [1.165, 1.54) is 18.2 Å². The second-order valence-electron chi connectivity index (χ2n) is 8.07. The van der Waals surface area contributed by atoms with Gasteiger partial charge < -0.3 is 5.11 Å². The number of benzene rings is 3. The predicted octanol–water partition coefficient (Wildman–Crippen LogP) is 2.14. The Balaban J connectivity index is 1.88. The van der Waals surface area contributed by atoms with Gasteiger partial charge in [0.2, 0.25) is 10.0 Å². The Bertz CT molecular complexity index is 1590. The van der Waals surface area contributed by atoms with E-state index in [0.717, 1.165) is 25.3 Å². The fourth-order valence-electron chi connectivity index (χ4n) is 3.49. The van der Waals surface area contributed by atoms with Gasteiger partial charge in [-0.25, -0.2) is 26.4 Å². The number of rotatable bonds is 10. The molecule has 0 aliphatic carbocycles. The molecule has 3 aromatic carbocycles. The van der Waals surface area contributed by atoms with Gasteiger partial charge in [-0.15, -0.1) is 0 Å². The average Bonchev–Trinajstić information content (AvgIpc) is 2.87. The third-order valence-electron chi connectivity index (χ3n) is 5.25. The fourth-order valence-corrected chi connectivity index (χ4v) is 5.55. The number of carbonyl (C=O) groups is 1. The van der Waals surface area contributed by atoms with Crippen molar-refractivity contribution in [3.63, 3.8) is 0 Å². The SMILES string of the molecule is CC(=O)OOc1cc(-c2ccccc2S(C)(=O)=O)ccc1CCNS(=O)(=O)c1cc(C(=N)NO)ccc1O. The Morgan fingerprint density at radius 1 is 1.00 bits per heavy atom. The Morgan fingerprint density at radius 2 is 1.71 bits per heavy atom. The zero-order valence-corrected chi connectivity index (χ0v) is 21.9. The molecule has 0 saturated carbocycles. The van der Waals surface area contributed by atoms with E-state index in [1.54, 1.807) is 35.8 Å². The number of hydrogen-bond donors (Lipinski definition) is 5. The third kappa shape index (κ3) is 6.86. The van der Waals surface area contributed by atoms with Crippen LogP contribution in [0.4, 0.5) is 0 Å². The van der Waals surface area contributed by atoms with Crippen LogP contribution in [-0.2, 0) is 36.0 Å². The van der Waals surface area contributed by atoms with Crippen molar-refractivity contribution in [3.8, 4) is 22.6 Å². The Kier molecular flexibility index (Phi) is 8.73. The first-order valence-corrected chi connectivity index (χ1v) is 14.3. The van der Waals surface area contributed by atoms with E-state index in [9.17, 15) is 26.7 Å². The molecule has 0 unspecified atom stereocenters. The summed E-state index contributed by atoms with van der Waals surface area (Å²) in [5.41, 5.74) is 2.91. The zero-order valence-electron chi connectivity index (χ0n) is 20.3. The monoisotopic (exact) mass is 563 g/mol. The summed E-state index contributed by atoms with van der Waals surface area (Å²) in [6.07, 6.45) is 1.14. The molecule has 3 rings (SSSR count). The van der Waals surface area contributed by atoms with Crippen LogP contribution in [0.3, 0.4) is 0 Å². The smallest absolute Gasteiger partial charge is 0.352 e. The molecular weight excluding hydrogens is 538 g/mol. The van der Waals surface area contributed by atoms with Crippen LogP contribution in [0.25, 0.3) is 11.1 Å². The molecule has 0 saturated heterocycles. The van der Waals surface area contributed by atoms with Crippen molar-refractivity contribution in [1.29, 1.82) is 5.41 Å². The van der Waals surface area contributed by atoms with Gasteiger partial charge in [-0.05, 0) is 42.3 Å². The number of sulfonamides is 1. The molecule has 0 spiro atoms. The maximum atomic E-state index is 12.8. The molecule has 12 nitrogen and oxygen atoms in total. The first-order chi connectivity index (χ1) is 17.8. The van der Waals surface area contributed by atoms with Crippen molar-refractivity contribution < 1.29 is 41.7 Å². The van der Waals surface area contributed by atoms with Crippen molar-refractivity contribution >= 4 is 31.7 Å². The van der Waals surface area contributed by atoms with Gasteiger partial charge in [-0.1, -0.05) is 30.3 Å². The van der Waals surface area contributed by atoms with Crippen molar-refractivity contribution in [2.24, 2.45) is 0 Å². The van der Waals surface area contributed by atoms with E-state index in [1.807, 2.05) is 0 Å². The van der Waals surface area contributed by atoms with E-state index in [-0.39, 0.29) is 29.2 Å². The molecule has 0 heterocycles. The topological polar surface area (TPSA) is 192 Å². The molecule has 0 aromatic heterocycles. The zero-order chi connectivity index (χ0) is 28.1. The van der Waals surface area contributed by atoms with E-state index < -0.39 is 42.3 Å². The van der Waals surface area contributed by atoms with Gasteiger partial charge in [0.25, 0.3) is 0 Å². The van der Waals surface area contributed by atoms with Crippen molar-refractivity contribution in [1.82, 2.24) is 10.2 Å². The van der Waals surface area contributed by atoms with Crippen molar-refractivity contribution in [2.75, 3.05) is 12.8 Å². The summed E-state index contributed by atoms with van der Waals surface area (Å²) in [6.45, 7) is 0.959. The molecule has 0 fully saturated rings. The Labute approximate surface area is 219 Å². The van der Waals surface area contributed by atoms with Crippen LogP contribution in [-0.4, -0.2) is 51.8 Å². The summed E-state index contributed by atoms with van der Waals surface area (Å²) in [5.74, 6) is -1.70. The summed E-state index contributed by atoms with van der Waals surface area (Å²) in [6, 6.07) is 14.4. The van der Waals surface area contributed by atoms with Gasteiger partial charge in [0.15, 0.2) is 15.6 Å². The fraction of sp³-hybridized carbons (Fsp3) is 0.167. The van der Waals surface area contributed by atoms with Gasteiger partial charge in [-0.2, -0.15) is 0 Å². The second kappa shape index (κ2) is 11.6. The van der Waals surface area contributed by atoms with E-state index in [0.29, 0.717) is 16.7 Å². The quantitative estimate of drug-likeness (QED) is 0.106. The summed E-state index contributed by atoms with van der Waals surface area (Å²) in [5, 5.41) is 26.5. The van der Waals surface area contributed by atoms with Crippen LogP contribution in [0.15, 0.2) is 70.5 Å². The Hall–Kier alpha value is -3.98. The predicted molar refractivity (Wildman–Crippen MR) is 136 cm³/mol. The van der Waals surface area contributed by atoms with Crippen LogP contribution in [0, 0.1) is 5.41 Å². The van der Waals surface area contributed by atoms with Gasteiger partial charge in [0.1, 0.15) is 16.5 Å². The van der Waals surface area contributed by atoms with E-state index in [2.05, 4.69) is 9.61 Å². The minimum Gasteiger partial charge on any atom is -0.507 e. The normalized spacial score (nSPS) is 11.6. The standard InChI is InChI=1S/C24H25N3O9S2/c1-15(28)35-36-21-13-17(19-5-3-4-6-22(19)37(2,31)32)8-7-16(21)11-12-26-38(33,34)23-14-18(24(25)27-30)9-10-20(23)29/h3-10,13-14,26,29-30H,11-12H2,1-2H3,(H2,25,27). The molecule has 0 atom stereocenters. The number of phenols is 1. The molecule has 0 amide bonds. The minimum absolute atomic E-state index is 0.0210. The molecule has 0 bridgehead atoms. The van der Waals surface area contributed by atoms with E-state index in [4.69, 9.17) is 15.5 Å². The van der Waals surface area contributed by atoms with Crippen LogP contribution in [0.1, 0.15) is 18.1 Å². The summed E-state index contributed by atoms with van der Waals surface area (Å²) >= 11 is 0. The van der Waals surface area contributed by atoms with Gasteiger partial charge in [-0.3, -0.25) is 25.9 Å². The maximum absolute atomic E-state index is 12.8. The number of hydroxylamine groups is 1. The lowest BCUT2D eigenvalue weighted by atomic mass is 10.0. The number of aromatic hydroxyl groups is 1. The average molecular weight is 564 g/mol. The van der Waals surface area contributed by atoms with Crippen LogP contribution in [0.2, 0.25) is 0 Å². The molecule has 0 aliphatic heterocycles. The lowest BCUT2D eigenvalue weighted by Gasteiger charge is -2.14. The largest absolute Gasteiger partial charge is 0.507 e. The summed E-state index contributed by atoms with van der Waals surface area (Å²) < 4.78 is 52.4. The highest BCUT2D eigenvalue weighted by Gasteiger charge is 2.21. The first kappa shape index (κ1) is 28.6. The lowest BCUT2D eigenvalue weighted by Crippen LogP contribution is -2.27. The lowest BCUT2D eigenvalue weighted by molar-refractivity contribution is -0.211. The number of nitrogens with one attached hydrogen (secondary N) is 3. The summed E-state index contributed by atoms with van der Waals surface area (Å²) in [7, 11) is -7.79. The number of phenolic OH excluding ortho intramolecular Hbond substituents is 1. The molecule has 0 radical (unpaired) electrons. The number of carbonyl (C=O) groups excluding carboxylic acids is 1. The Morgan fingerprint density at radius 3 is 2.37 bits per heavy atom. The highest BCUT2D eigenvalue weighted by Crippen LogP contribution is 2.32. The summed E-state index contributed by atoms with van der Waals surface area (Å²) in [4.78, 5) is 20.7. The van der Waals surface area contributed by atoms with Gasteiger partial charge in [0, 0.05) is 36.4 Å². The molecule has 38 heavy (non-hydrogen) atoms. The third-order valence-corrected chi connectivity index (χ3v) is 7.89. The molecule has 0 aliphatic rings. The van der Waals surface area contributed by atoms with Gasteiger partial charge in [0.05, 0.1) is 4.90 Å². The second-order valence-corrected chi connectivity index (χ2v) is 11.8. The molecule has 3 aromatic rings. The van der Waals surface area contributed by atoms with Crippen LogP contribution >= 0.6 is 0 Å². The van der Waals surface area contributed by atoms with E-state index >= 15 is 0 Å². The van der Waals surface area contributed by atoms with Crippen molar-refractivity contribution in [2.45, 2.75) is 23.1 Å². The van der Waals surface area contributed by atoms with Crippen molar-refractivity contribution in [3.05, 3.63) is 71.8 Å². The molecule has 202 valence electrons. The number of hydrogen-bond acceptors (Lipinski definition) is 10. The van der Waals surface area contributed by atoms with Crippen LogP contribution < -0.4 is 15.1 Å². The highest BCUT2D eigenvalue weighted by atomic mass is 32.2. The van der Waals surface area contributed by atoms with Gasteiger partial charge >= 0.3 is 5.97 Å². The molecule has 14 heteroatoms. The maximum Gasteiger partial charge on any atom is 0.352 e. The minimum atomic E-state index is -4.24. The molecular formula is C24H25N3O9S2. The number of amidine groups is 1. The highest BCUT2D eigenvalue weighted by molar-refractivity contribution is 7.91. The molecule has 5 N–H and O–H groups in total. The number of sulfone groups is 1.